The second-order valence-corrected chi connectivity index (χ2v) is 14.0. The van der Waals surface area contributed by atoms with E-state index in [-0.39, 0.29) is 29.7 Å². The van der Waals surface area contributed by atoms with Gasteiger partial charge in [0.2, 0.25) is 11.8 Å². The van der Waals surface area contributed by atoms with Gasteiger partial charge in [-0.15, -0.1) is 0 Å². The largest absolute Gasteiger partial charge is 0.354 e. The smallest absolute Gasteiger partial charge is 0.264 e. The fraction of sp³-hybridized carbons (Fsp3) is 0.235. The van der Waals surface area contributed by atoms with E-state index in [2.05, 4.69) is 21.2 Å². The van der Waals surface area contributed by atoms with Crippen molar-refractivity contribution in [2.45, 2.75) is 37.8 Å². The molecule has 0 bridgehead atoms. The first kappa shape index (κ1) is 33.2. The van der Waals surface area contributed by atoms with E-state index in [0.717, 1.165) is 19.9 Å². The topological polar surface area (TPSA) is 86.8 Å². The van der Waals surface area contributed by atoms with Crippen LogP contribution in [0.4, 0.5) is 5.69 Å². The van der Waals surface area contributed by atoms with E-state index in [1.807, 2.05) is 44.2 Å². The van der Waals surface area contributed by atoms with E-state index in [0.29, 0.717) is 17.3 Å². The fourth-order valence-electron chi connectivity index (χ4n) is 4.62. The molecule has 1 atom stereocenters. The number of nitrogens with one attached hydrogen (secondary N) is 1. The van der Waals surface area contributed by atoms with Crippen molar-refractivity contribution in [1.29, 1.82) is 0 Å². The summed E-state index contributed by atoms with van der Waals surface area (Å²) in [6.45, 7) is 3.97. The van der Waals surface area contributed by atoms with Crippen molar-refractivity contribution < 1.29 is 18.0 Å². The van der Waals surface area contributed by atoms with Crippen LogP contribution in [0, 0.1) is 5.92 Å². The summed E-state index contributed by atoms with van der Waals surface area (Å²) in [5.74, 6) is -0.644. The minimum Gasteiger partial charge on any atom is -0.354 e. The fourth-order valence-corrected chi connectivity index (χ4v) is 6.44. The maximum absolute atomic E-state index is 14.4. The van der Waals surface area contributed by atoms with Crippen LogP contribution in [-0.4, -0.2) is 44.3 Å². The van der Waals surface area contributed by atoms with Gasteiger partial charge in [0.1, 0.15) is 12.6 Å². The average molecular weight is 697 g/mol. The third-order valence-corrected chi connectivity index (χ3v) is 9.52. The second kappa shape index (κ2) is 15.4. The number of nitrogens with zero attached hydrogens (tertiary/aromatic N) is 2. The normalized spacial score (nSPS) is 12.0. The molecule has 1 N–H and O–H groups in total. The van der Waals surface area contributed by atoms with E-state index < -0.39 is 28.5 Å². The maximum Gasteiger partial charge on any atom is 0.264 e. The summed E-state index contributed by atoms with van der Waals surface area (Å²) in [4.78, 5) is 29.7. The molecule has 230 valence electrons. The number of hydrogen-bond donors (Lipinski definition) is 1. The molecule has 4 aromatic carbocycles. The number of carbonyl (C=O) groups excluding carboxylic acids is 2. The van der Waals surface area contributed by atoms with Crippen LogP contribution in [0.2, 0.25) is 5.02 Å². The molecule has 2 amide bonds. The molecule has 10 heteroatoms. The van der Waals surface area contributed by atoms with Gasteiger partial charge < -0.3 is 10.2 Å². The van der Waals surface area contributed by atoms with Crippen molar-refractivity contribution in [2.75, 3.05) is 17.4 Å². The Morgan fingerprint density at radius 1 is 0.818 bits per heavy atom. The van der Waals surface area contributed by atoms with Crippen LogP contribution >= 0.6 is 27.5 Å². The lowest BCUT2D eigenvalue weighted by Gasteiger charge is -2.34. The standard InChI is InChI=1S/C34H35BrClN3O4S/c1-25(2)22-37-34(41)32(21-26-9-5-3-6-10-26)38(23-27-13-17-29(36)18-14-27)33(40)24-39(30-19-15-28(35)16-20-30)44(42,43)31-11-7-4-8-12-31/h3-20,25,32H,21-24H2,1-2H3,(H,37,41)/t32-/m0/s1. The molecule has 0 fully saturated rings. The summed E-state index contributed by atoms with van der Waals surface area (Å²) in [5.41, 5.74) is 1.94. The van der Waals surface area contributed by atoms with Gasteiger partial charge in [-0.25, -0.2) is 8.42 Å². The molecular weight excluding hydrogens is 662 g/mol. The Labute approximate surface area is 273 Å². The van der Waals surface area contributed by atoms with Crippen LogP contribution in [0.3, 0.4) is 0 Å². The van der Waals surface area contributed by atoms with Crippen molar-refractivity contribution in [2.24, 2.45) is 5.92 Å². The molecule has 0 heterocycles. The molecule has 0 saturated heterocycles. The van der Waals surface area contributed by atoms with Gasteiger partial charge in [-0.3, -0.25) is 13.9 Å². The predicted octanol–water partition coefficient (Wildman–Crippen LogP) is 6.71. The van der Waals surface area contributed by atoms with E-state index in [1.54, 1.807) is 66.7 Å². The molecule has 0 radical (unpaired) electrons. The quantitative estimate of drug-likeness (QED) is 0.168. The third-order valence-electron chi connectivity index (χ3n) is 6.95. The molecule has 4 aromatic rings. The third kappa shape index (κ3) is 8.94. The highest BCUT2D eigenvalue weighted by Crippen LogP contribution is 2.26. The van der Waals surface area contributed by atoms with E-state index in [9.17, 15) is 18.0 Å². The first-order valence-corrected chi connectivity index (χ1v) is 16.8. The molecule has 0 aromatic heterocycles. The Bertz CT molecular complexity index is 1640. The van der Waals surface area contributed by atoms with Crippen LogP contribution in [0.15, 0.2) is 119 Å². The summed E-state index contributed by atoms with van der Waals surface area (Å²) in [7, 11) is -4.15. The molecule has 0 aliphatic carbocycles. The van der Waals surface area contributed by atoms with Crippen LogP contribution in [0.1, 0.15) is 25.0 Å². The summed E-state index contributed by atoms with van der Waals surface area (Å²) < 4.78 is 29.8. The number of hydrogen-bond acceptors (Lipinski definition) is 4. The summed E-state index contributed by atoms with van der Waals surface area (Å²) in [6, 6.07) is 30.3. The minimum atomic E-state index is -4.15. The molecule has 0 unspecified atom stereocenters. The lowest BCUT2D eigenvalue weighted by molar-refractivity contribution is -0.140. The number of amides is 2. The first-order valence-electron chi connectivity index (χ1n) is 14.2. The van der Waals surface area contributed by atoms with Crippen LogP contribution < -0.4 is 9.62 Å². The van der Waals surface area contributed by atoms with Crippen LogP contribution in [0.25, 0.3) is 0 Å². The molecule has 0 spiro atoms. The van der Waals surface area contributed by atoms with Crippen molar-refractivity contribution in [1.82, 2.24) is 10.2 Å². The Morgan fingerprint density at radius 3 is 2.00 bits per heavy atom. The highest BCUT2D eigenvalue weighted by Gasteiger charge is 2.34. The molecular formula is C34H35BrClN3O4S. The molecule has 0 aliphatic heterocycles. The van der Waals surface area contributed by atoms with Gasteiger partial charge in [0.15, 0.2) is 0 Å². The van der Waals surface area contributed by atoms with Gasteiger partial charge in [0.25, 0.3) is 10.0 Å². The predicted molar refractivity (Wildman–Crippen MR) is 179 cm³/mol. The van der Waals surface area contributed by atoms with Gasteiger partial charge >= 0.3 is 0 Å². The van der Waals surface area contributed by atoms with Crippen molar-refractivity contribution in [3.8, 4) is 0 Å². The Morgan fingerprint density at radius 2 is 1.41 bits per heavy atom. The summed E-state index contributed by atoms with van der Waals surface area (Å²) in [6.07, 6.45) is 0.244. The number of benzene rings is 4. The zero-order chi connectivity index (χ0) is 31.7. The van der Waals surface area contributed by atoms with Crippen LogP contribution in [0.5, 0.6) is 0 Å². The zero-order valence-corrected chi connectivity index (χ0v) is 27.7. The van der Waals surface area contributed by atoms with E-state index in [4.69, 9.17) is 11.6 Å². The molecule has 0 aliphatic rings. The lowest BCUT2D eigenvalue weighted by Crippen LogP contribution is -2.53. The lowest BCUT2D eigenvalue weighted by atomic mass is 10.0. The first-order chi connectivity index (χ1) is 21.0. The molecule has 0 saturated carbocycles. The highest BCUT2D eigenvalue weighted by atomic mass is 79.9. The molecule has 7 nitrogen and oxygen atoms in total. The van der Waals surface area contributed by atoms with Gasteiger partial charge in [0.05, 0.1) is 10.6 Å². The van der Waals surface area contributed by atoms with Gasteiger partial charge in [-0.1, -0.05) is 102 Å². The SMILES string of the molecule is CC(C)CNC(=O)[C@H](Cc1ccccc1)N(Cc1ccc(Cl)cc1)C(=O)CN(c1ccc(Br)cc1)S(=O)(=O)c1ccccc1. The summed E-state index contributed by atoms with van der Waals surface area (Å²) in [5, 5.41) is 3.53. The van der Waals surface area contributed by atoms with Crippen molar-refractivity contribution in [3.63, 3.8) is 0 Å². The second-order valence-electron chi connectivity index (χ2n) is 10.8. The Balaban J connectivity index is 1.78. The zero-order valence-electron chi connectivity index (χ0n) is 24.6. The van der Waals surface area contributed by atoms with Gasteiger partial charge in [-0.05, 0) is 65.6 Å². The monoisotopic (exact) mass is 695 g/mol. The Hall–Kier alpha value is -3.66. The Kier molecular flexibility index (Phi) is 11.6. The van der Waals surface area contributed by atoms with Crippen molar-refractivity contribution >= 4 is 55.1 Å². The summed E-state index contributed by atoms with van der Waals surface area (Å²) >= 11 is 9.54. The van der Waals surface area contributed by atoms with Gasteiger partial charge in [0, 0.05) is 29.0 Å². The molecule has 44 heavy (non-hydrogen) atoms. The van der Waals surface area contributed by atoms with E-state index in [1.165, 1.54) is 17.0 Å². The van der Waals surface area contributed by atoms with E-state index >= 15 is 0 Å². The maximum atomic E-state index is 14.4. The highest BCUT2D eigenvalue weighted by molar-refractivity contribution is 9.10. The molecule has 4 rings (SSSR count). The van der Waals surface area contributed by atoms with Gasteiger partial charge in [-0.2, -0.15) is 0 Å². The minimum absolute atomic E-state index is 0.0514. The average Bonchev–Trinajstić information content (AvgIpc) is 3.02. The number of anilines is 1. The van der Waals surface area contributed by atoms with Crippen molar-refractivity contribution in [3.05, 3.63) is 130 Å². The number of sulfonamides is 1. The number of rotatable bonds is 13. The number of carbonyl (C=O) groups is 2. The number of halogens is 2. The van der Waals surface area contributed by atoms with Crippen LogP contribution in [-0.2, 0) is 32.6 Å².